The fourth-order valence-corrected chi connectivity index (χ4v) is 5.13. The zero-order chi connectivity index (χ0) is 30.9. The number of aliphatic hydroxyl groups excluding tert-OH is 4. The van der Waals surface area contributed by atoms with Gasteiger partial charge in [-0.2, -0.15) is 10.2 Å². The van der Waals surface area contributed by atoms with Crippen LogP contribution in [0, 0.1) is 0 Å². The number of quaternary nitrogens is 1. The van der Waals surface area contributed by atoms with Crippen LogP contribution in [0.5, 0.6) is 0 Å². The van der Waals surface area contributed by atoms with Gasteiger partial charge in [0.15, 0.2) is 6.29 Å². The predicted octanol–water partition coefficient (Wildman–Crippen LogP) is -0.518. The smallest absolute Gasteiger partial charge is 0.186 e. The monoisotopic (exact) mass is 613 g/mol. The van der Waals surface area contributed by atoms with Crippen LogP contribution in [0.2, 0.25) is 0 Å². The standard InChI is InChI=1S/C30H53N4O9/c1-31-32-9-17-39-19-21-41-22-20-40-18-15-34(2)13-11-33(12-14-34)10-7-24-3-5-25(6-4-24)8-16-42-30-29(38)28(37)27(36)26(23-35)43-30/h3-6,26-30,35-38H,7-23H2,1-2H3/q+1/b32-31+/t26-,27-,28+,29-,30-/m1/s1. The maximum atomic E-state index is 10.1. The van der Waals surface area contributed by atoms with Gasteiger partial charge in [0.25, 0.3) is 0 Å². The minimum absolute atomic E-state index is 0.273. The summed E-state index contributed by atoms with van der Waals surface area (Å²) in [7, 11) is 3.96. The number of rotatable bonds is 20. The molecule has 0 aliphatic carbocycles. The third kappa shape index (κ3) is 12.7. The minimum atomic E-state index is -1.43. The molecule has 0 spiro atoms. The van der Waals surface area contributed by atoms with Crippen molar-refractivity contribution in [3.05, 3.63) is 35.4 Å². The Hall–Kier alpha value is -1.62. The fourth-order valence-electron chi connectivity index (χ4n) is 5.13. The molecule has 2 heterocycles. The number of benzene rings is 1. The van der Waals surface area contributed by atoms with E-state index in [0.717, 1.165) is 62.3 Å². The summed E-state index contributed by atoms with van der Waals surface area (Å²) in [5, 5.41) is 46.7. The molecule has 13 nitrogen and oxygen atoms in total. The summed E-state index contributed by atoms with van der Waals surface area (Å²) in [6, 6.07) is 8.44. The van der Waals surface area contributed by atoms with Crippen LogP contribution in [0.15, 0.2) is 34.5 Å². The molecule has 0 amide bonds. The van der Waals surface area contributed by atoms with Crippen molar-refractivity contribution in [1.82, 2.24) is 4.90 Å². The highest BCUT2D eigenvalue weighted by atomic mass is 16.7. The molecule has 0 unspecified atom stereocenters. The Morgan fingerprint density at radius 2 is 1.44 bits per heavy atom. The Kier molecular flexibility index (Phi) is 16.4. The van der Waals surface area contributed by atoms with Crippen LogP contribution < -0.4 is 0 Å². The molecule has 0 saturated carbocycles. The van der Waals surface area contributed by atoms with Gasteiger partial charge in [-0.25, -0.2) is 0 Å². The molecule has 3 rings (SSSR count). The van der Waals surface area contributed by atoms with Crippen LogP contribution in [0.25, 0.3) is 0 Å². The zero-order valence-electron chi connectivity index (χ0n) is 25.8. The van der Waals surface area contributed by atoms with E-state index in [2.05, 4.69) is 46.4 Å². The van der Waals surface area contributed by atoms with E-state index in [1.165, 1.54) is 5.56 Å². The lowest BCUT2D eigenvalue weighted by molar-refractivity contribution is -0.914. The number of azo groups is 1. The van der Waals surface area contributed by atoms with E-state index in [1.54, 1.807) is 7.05 Å². The number of aliphatic hydroxyl groups is 4. The largest absolute Gasteiger partial charge is 0.394 e. The summed E-state index contributed by atoms with van der Waals surface area (Å²) in [4.78, 5) is 2.53. The highest BCUT2D eigenvalue weighted by molar-refractivity contribution is 5.23. The quantitative estimate of drug-likeness (QED) is 0.0858. The molecule has 2 fully saturated rings. The van der Waals surface area contributed by atoms with Gasteiger partial charge in [-0.1, -0.05) is 24.3 Å². The molecule has 0 bridgehead atoms. The van der Waals surface area contributed by atoms with Crippen molar-refractivity contribution in [2.75, 3.05) is 113 Å². The highest BCUT2D eigenvalue weighted by Gasteiger charge is 2.43. The Morgan fingerprint density at radius 3 is 2.07 bits per heavy atom. The summed E-state index contributed by atoms with van der Waals surface area (Å²) < 4.78 is 28.8. The van der Waals surface area contributed by atoms with Gasteiger partial charge in [-0.15, -0.1) is 0 Å². The second-order valence-electron chi connectivity index (χ2n) is 11.4. The summed E-state index contributed by atoms with van der Waals surface area (Å²) in [6.45, 7) is 10.4. The second-order valence-corrected chi connectivity index (χ2v) is 11.4. The first-order valence-electron chi connectivity index (χ1n) is 15.4. The number of nitrogens with zero attached hydrogens (tertiary/aromatic N) is 4. The molecule has 13 heteroatoms. The summed E-state index contributed by atoms with van der Waals surface area (Å²) in [5.41, 5.74) is 2.38. The third-order valence-corrected chi connectivity index (χ3v) is 8.17. The van der Waals surface area contributed by atoms with Gasteiger partial charge in [-0.05, 0) is 24.0 Å². The predicted molar refractivity (Wildman–Crippen MR) is 159 cm³/mol. The van der Waals surface area contributed by atoms with Crippen molar-refractivity contribution in [2.45, 2.75) is 43.5 Å². The number of ether oxygens (including phenoxy) is 5. The molecule has 0 aromatic heterocycles. The number of hydrogen-bond acceptors (Lipinski definition) is 12. The number of piperazine rings is 1. The first kappa shape index (κ1) is 35.9. The van der Waals surface area contributed by atoms with Gasteiger partial charge in [-0.3, -0.25) is 4.90 Å². The van der Waals surface area contributed by atoms with Gasteiger partial charge >= 0.3 is 0 Å². The van der Waals surface area contributed by atoms with Crippen molar-refractivity contribution in [2.24, 2.45) is 10.2 Å². The van der Waals surface area contributed by atoms with Gasteiger partial charge in [0, 0.05) is 26.7 Å². The topological polar surface area (TPSA) is 155 Å². The number of likely N-dealkylation sites (N-methyl/N-ethyl adjacent to an activating group) is 1. The fraction of sp³-hybridized carbons (Fsp3) is 0.800. The van der Waals surface area contributed by atoms with Crippen LogP contribution >= 0.6 is 0 Å². The van der Waals surface area contributed by atoms with Crippen molar-refractivity contribution < 1.29 is 48.6 Å². The van der Waals surface area contributed by atoms with Gasteiger partial charge in [0.1, 0.15) is 31.0 Å². The van der Waals surface area contributed by atoms with Crippen molar-refractivity contribution in [3.63, 3.8) is 0 Å². The van der Waals surface area contributed by atoms with Crippen LogP contribution in [-0.2, 0) is 36.5 Å². The average Bonchev–Trinajstić information content (AvgIpc) is 3.02. The summed E-state index contributed by atoms with van der Waals surface area (Å²) in [6.07, 6.45) is -4.66. The molecule has 2 aliphatic rings. The first-order valence-corrected chi connectivity index (χ1v) is 15.4. The van der Waals surface area contributed by atoms with Crippen molar-refractivity contribution >= 4 is 0 Å². The van der Waals surface area contributed by atoms with Crippen LogP contribution in [0.1, 0.15) is 11.1 Å². The molecule has 2 aliphatic heterocycles. The Labute approximate surface area is 255 Å². The normalized spacial score (nSPS) is 26.3. The Balaban J connectivity index is 1.22. The summed E-state index contributed by atoms with van der Waals surface area (Å²) in [5.74, 6) is 0. The van der Waals surface area contributed by atoms with E-state index in [-0.39, 0.29) is 6.61 Å². The van der Waals surface area contributed by atoms with Crippen LogP contribution in [-0.4, -0.2) is 173 Å². The van der Waals surface area contributed by atoms with E-state index >= 15 is 0 Å². The molecular formula is C30H53N4O9+. The third-order valence-electron chi connectivity index (χ3n) is 8.17. The molecule has 43 heavy (non-hydrogen) atoms. The van der Waals surface area contributed by atoms with Crippen LogP contribution in [0.4, 0.5) is 0 Å². The van der Waals surface area contributed by atoms with Gasteiger partial charge in [0.2, 0.25) is 0 Å². The van der Waals surface area contributed by atoms with E-state index in [1.807, 2.05) is 0 Å². The molecule has 246 valence electrons. The lowest BCUT2D eigenvalue weighted by atomic mass is 9.99. The SMILES string of the molecule is C/N=N/CCOCCOCCOCC[N+]1(C)CCN(CCc2ccc(CCO[C@@H]3O[C@H](CO)[C@@H](O)[C@H](O)[C@H]3O)cc2)CC1. The Bertz CT molecular complexity index is 900. The molecule has 1 aromatic carbocycles. The van der Waals surface area contributed by atoms with Gasteiger partial charge in [0.05, 0.1) is 79.5 Å². The van der Waals surface area contributed by atoms with E-state index < -0.39 is 37.3 Å². The lowest BCUT2D eigenvalue weighted by Crippen LogP contribution is -2.59. The maximum Gasteiger partial charge on any atom is 0.186 e. The maximum absolute atomic E-state index is 10.1. The molecule has 1 aromatic rings. The zero-order valence-corrected chi connectivity index (χ0v) is 25.8. The van der Waals surface area contributed by atoms with Crippen molar-refractivity contribution in [1.29, 1.82) is 0 Å². The number of hydrogen-bond donors (Lipinski definition) is 4. The van der Waals surface area contributed by atoms with E-state index in [0.29, 0.717) is 46.0 Å². The lowest BCUT2D eigenvalue weighted by Gasteiger charge is -2.42. The molecular weight excluding hydrogens is 560 g/mol. The molecule has 5 atom stereocenters. The molecule has 0 radical (unpaired) electrons. The van der Waals surface area contributed by atoms with E-state index in [4.69, 9.17) is 23.7 Å². The molecule has 2 saturated heterocycles. The van der Waals surface area contributed by atoms with Gasteiger partial charge < -0.3 is 48.6 Å². The first-order chi connectivity index (χ1) is 20.8. The average molecular weight is 614 g/mol. The second kappa shape index (κ2) is 19.7. The molecule has 4 N–H and O–H groups in total. The Morgan fingerprint density at radius 1 is 0.837 bits per heavy atom. The summed E-state index contributed by atoms with van der Waals surface area (Å²) >= 11 is 0. The highest BCUT2D eigenvalue weighted by Crippen LogP contribution is 2.22. The van der Waals surface area contributed by atoms with Crippen LogP contribution in [0.3, 0.4) is 0 Å². The minimum Gasteiger partial charge on any atom is -0.394 e. The van der Waals surface area contributed by atoms with E-state index in [9.17, 15) is 20.4 Å². The van der Waals surface area contributed by atoms with Crippen molar-refractivity contribution in [3.8, 4) is 0 Å².